The second kappa shape index (κ2) is 10.2. The highest BCUT2D eigenvalue weighted by atomic mass is 28.3. The fraction of sp³-hybridized carbons (Fsp3) is 0.323. The van der Waals surface area contributed by atoms with Crippen molar-refractivity contribution in [2.75, 3.05) is 7.11 Å². The zero-order chi connectivity index (χ0) is 25.2. The molecule has 1 radical (unpaired) electrons. The van der Waals surface area contributed by atoms with Crippen LogP contribution in [0.3, 0.4) is 0 Å². The van der Waals surface area contributed by atoms with Crippen LogP contribution in [0, 0.1) is 6.92 Å². The molecule has 0 unspecified atom stereocenters. The average Bonchev–Trinajstić information content (AvgIpc) is 2.82. The summed E-state index contributed by atoms with van der Waals surface area (Å²) in [6.45, 7) is 13.6. The molecule has 0 fully saturated rings. The number of nitrogens with zero attached hydrogens (tertiary/aromatic N) is 1. The van der Waals surface area contributed by atoms with Gasteiger partial charge in [0.2, 0.25) is 5.88 Å². The van der Waals surface area contributed by atoms with Crippen LogP contribution in [0.5, 0.6) is 17.4 Å². The Morgan fingerprint density at radius 3 is 2.26 bits per heavy atom. The molecule has 0 aliphatic carbocycles. The molecule has 4 rings (SSSR count). The Morgan fingerprint density at radius 1 is 0.886 bits per heavy atom. The number of rotatable bonds is 7. The van der Waals surface area contributed by atoms with Gasteiger partial charge in [-0.25, -0.2) is 4.98 Å². The number of aryl methyl sites for hydroxylation is 1. The second-order valence-electron chi connectivity index (χ2n) is 10.4. The number of fused-ring (bicyclic) bond motifs is 1. The summed E-state index contributed by atoms with van der Waals surface area (Å²) < 4.78 is 12.0. The Morgan fingerprint density at radius 2 is 1.60 bits per heavy atom. The van der Waals surface area contributed by atoms with Crippen molar-refractivity contribution >= 4 is 24.9 Å². The van der Waals surface area contributed by atoms with E-state index in [0.29, 0.717) is 0 Å². The summed E-state index contributed by atoms with van der Waals surface area (Å²) >= 11 is 0. The molecule has 0 N–H and O–H groups in total. The van der Waals surface area contributed by atoms with E-state index < -0.39 is 8.80 Å². The molecule has 3 nitrogen and oxygen atoms in total. The summed E-state index contributed by atoms with van der Waals surface area (Å²) in [4.78, 5) is 4.96. The molecule has 0 spiro atoms. The fourth-order valence-electron chi connectivity index (χ4n) is 4.65. The maximum Gasteiger partial charge on any atom is 0.218 e. The summed E-state index contributed by atoms with van der Waals surface area (Å²) in [6, 6.07) is 23.3. The molecule has 1 aromatic heterocycles. The molecule has 0 atom stereocenters. The topological polar surface area (TPSA) is 31.4 Å². The molecule has 35 heavy (non-hydrogen) atoms. The number of hydrogen-bond acceptors (Lipinski definition) is 3. The Bertz CT molecular complexity index is 1320. The van der Waals surface area contributed by atoms with E-state index in [2.05, 4.69) is 89.3 Å². The third-order valence-corrected chi connectivity index (χ3v) is 8.06. The zero-order valence-electron chi connectivity index (χ0n) is 22.0. The highest BCUT2D eigenvalue weighted by molar-refractivity contribution is 6.71. The van der Waals surface area contributed by atoms with E-state index in [1.165, 1.54) is 32.8 Å². The highest BCUT2D eigenvalue weighted by Crippen LogP contribution is 2.35. The summed E-state index contributed by atoms with van der Waals surface area (Å²) in [7, 11) is 0.937. The van der Waals surface area contributed by atoms with Crippen molar-refractivity contribution in [3.8, 4) is 17.4 Å². The van der Waals surface area contributed by atoms with E-state index in [1.807, 2.05) is 18.2 Å². The first-order valence-electron chi connectivity index (χ1n) is 12.3. The lowest BCUT2D eigenvalue weighted by Crippen LogP contribution is -2.25. The Hall–Kier alpha value is -3.11. The monoisotopic (exact) mass is 482 g/mol. The van der Waals surface area contributed by atoms with Crippen molar-refractivity contribution in [3.05, 3.63) is 89.0 Å². The molecule has 0 aliphatic rings. The van der Waals surface area contributed by atoms with Crippen LogP contribution >= 0.6 is 0 Å². The van der Waals surface area contributed by atoms with Crippen LogP contribution in [-0.2, 0) is 18.3 Å². The van der Waals surface area contributed by atoms with Crippen LogP contribution in [0.25, 0.3) is 10.9 Å². The summed E-state index contributed by atoms with van der Waals surface area (Å²) in [5, 5.41) is 2.40. The lowest BCUT2D eigenvalue weighted by atomic mass is 9.81. The first-order chi connectivity index (χ1) is 16.7. The van der Waals surface area contributed by atoms with Crippen LogP contribution in [0.15, 0.2) is 66.7 Å². The number of benzene rings is 3. The van der Waals surface area contributed by atoms with Crippen LogP contribution in [0.1, 0.15) is 43.0 Å². The number of pyridine rings is 1. The summed E-state index contributed by atoms with van der Waals surface area (Å²) in [5.74, 6) is 2.54. The lowest BCUT2D eigenvalue weighted by Gasteiger charge is -2.25. The lowest BCUT2D eigenvalue weighted by molar-refractivity contribution is 0.414. The number of hydrogen-bond donors (Lipinski definition) is 0. The van der Waals surface area contributed by atoms with Crippen LogP contribution in [0.4, 0.5) is 0 Å². The maximum absolute atomic E-state index is 6.68. The molecule has 0 saturated carbocycles. The third-order valence-electron chi connectivity index (χ3n) is 6.62. The maximum atomic E-state index is 6.68. The van der Waals surface area contributed by atoms with E-state index in [-0.39, 0.29) is 5.41 Å². The predicted octanol–water partition coefficient (Wildman–Crippen LogP) is 7.39. The van der Waals surface area contributed by atoms with E-state index in [0.717, 1.165) is 35.7 Å². The Balaban J connectivity index is 1.75. The summed E-state index contributed by atoms with van der Waals surface area (Å²) in [5.41, 5.74) is 6.25. The Labute approximate surface area is 211 Å². The van der Waals surface area contributed by atoms with Gasteiger partial charge in [0.15, 0.2) is 0 Å². The van der Waals surface area contributed by atoms with Gasteiger partial charge in [-0.05, 0) is 83.0 Å². The fourth-order valence-corrected chi connectivity index (χ4v) is 5.63. The molecule has 3 aromatic carbocycles. The molecule has 181 valence electrons. The van der Waals surface area contributed by atoms with Gasteiger partial charge in [-0.1, -0.05) is 70.3 Å². The first-order valence-corrected chi connectivity index (χ1v) is 14.8. The zero-order valence-corrected chi connectivity index (χ0v) is 23.0. The molecule has 4 aromatic rings. The van der Waals surface area contributed by atoms with E-state index >= 15 is 0 Å². The standard InChI is InChI=1S/C31H36NO2Si/c1-21-25(17-14-22-12-15-24(33-5)16-13-22)28(19-18-26(21)31(2,3)4)34-30-29(35(6)7)20-23-10-8-9-11-27(23)32-30/h8-13,15-16,18-20H,14,17H2,1-7H3. The molecule has 4 heteroatoms. The van der Waals surface area contributed by atoms with Crippen molar-refractivity contribution in [1.82, 2.24) is 4.98 Å². The van der Waals surface area contributed by atoms with Gasteiger partial charge in [0.05, 0.1) is 21.4 Å². The average molecular weight is 483 g/mol. The smallest absolute Gasteiger partial charge is 0.218 e. The largest absolute Gasteiger partial charge is 0.497 e. The molecule has 0 bridgehead atoms. The minimum atomic E-state index is -0.766. The second-order valence-corrected chi connectivity index (χ2v) is 13.0. The van der Waals surface area contributed by atoms with Gasteiger partial charge < -0.3 is 9.47 Å². The number of aromatic nitrogens is 1. The van der Waals surface area contributed by atoms with Gasteiger partial charge in [-0.2, -0.15) is 0 Å². The van der Waals surface area contributed by atoms with E-state index in [9.17, 15) is 0 Å². The number of para-hydroxylation sites is 1. The first kappa shape index (κ1) is 25.0. The normalized spacial score (nSPS) is 11.8. The van der Waals surface area contributed by atoms with E-state index in [1.54, 1.807) is 7.11 Å². The van der Waals surface area contributed by atoms with Crippen molar-refractivity contribution in [3.63, 3.8) is 0 Å². The van der Waals surface area contributed by atoms with Crippen LogP contribution in [0.2, 0.25) is 13.1 Å². The van der Waals surface area contributed by atoms with Gasteiger partial charge >= 0.3 is 0 Å². The van der Waals surface area contributed by atoms with Crippen LogP contribution in [-0.4, -0.2) is 20.9 Å². The number of ether oxygens (including phenoxy) is 2. The van der Waals surface area contributed by atoms with E-state index in [4.69, 9.17) is 14.5 Å². The molecule has 0 aliphatic heterocycles. The minimum absolute atomic E-state index is 0.0623. The van der Waals surface area contributed by atoms with Gasteiger partial charge in [0, 0.05) is 5.39 Å². The quantitative estimate of drug-likeness (QED) is 0.257. The molecular weight excluding hydrogens is 446 g/mol. The van der Waals surface area contributed by atoms with Gasteiger partial charge in [-0.3, -0.25) is 0 Å². The SMILES string of the molecule is COc1ccc(CCc2c(Oc3nc4ccccc4cc3[Si](C)C)ccc(C(C)(C)C)c2C)cc1. The molecule has 0 amide bonds. The molecule has 0 saturated heterocycles. The van der Waals surface area contributed by atoms with Crippen molar-refractivity contribution in [2.24, 2.45) is 0 Å². The van der Waals surface area contributed by atoms with Gasteiger partial charge in [-0.15, -0.1) is 0 Å². The predicted molar refractivity (Wildman–Crippen MR) is 149 cm³/mol. The number of methoxy groups -OCH3 is 1. The van der Waals surface area contributed by atoms with Crippen molar-refractivity contribution < 1.29 is 9.47 Å². The Kier molecular flexibility index (Phi) is 7.32. The van der Waals surface area contributed by atoms with Gasteiger partial charge in [0.25, 0.3) is 0 Å². The van der Waals surface area contributed by atoms with Gasteiger partial charge in [0.1, 0.15) is 11.5 Å². The van der Waals surface area contributed by atoms with Crippen molar-refractivity contribution in [2.45, 2.75) is 59.0 Å². The van der Waals surface area contributed by atoms with Crippen LogP contribution < -0.4 is 14.7 Å². The summed E-state index contributed by atoms with van der Waals surface area (Å²) in [6.07, 6.45) is 1.83. The highest BCUT2D eigenvalue weighted by Gasteiger charge is 2.22. The third kappa shape index (κ3) is 5.59. The minimum Gasteiger partial charge on any atom is -0.497 e. The van der Waals surface area contributed by atoms with Crippen molar-refractivity contribution in [1.29, 1.82) is 0 Å². The molecular formula is C31H36NO2Si. The molecule has 1 heterocycles.